The molecule has 0 fully saturated rings. The zero-order chi connectivity index (χ0) is 26.6. The molecule has 4 rings (SSSR count). The summed E-state index contributed by atoms with van der Waals surface area (Å²) in [5, 5.41) is 5.35. The molecule has 0 aliphatic heterocycles. The highest BCUT2D eigenvalue weighted by atomic mass is 79.9. The van der Waals surface area contributed by atoms with E-state index in [-0.39, 0.29) is 28.6 Å². The molecule has 190 valence electrons. The molecule has 0 aliphatic carbocycles. The number of hydrogen-bond donors (Lipinski definition) is 2. The molecule has 0 radical (unpaired) electrons. The van der Waals surface area contributed by atoms with Crippen molar-refractivity contribution in [3.05, 3.63) is 82.6 Å². The quantitative estimate of drug-likeness (QED) is 0.263. The van der Waals surface area contributed by atoms with Crippen LogP contribution in [0.1, 0.15) is 15.9 Å². The molecule has 0 spiro atoms. The number of anilines is 2. The van der Waals surface area contributed by atoms with Crippen LogP contribution < -0.4 is 20.1 Å². The van der Waals surface area contributed by atoms with Gasteiger partial charge in [-0.3, -0.25) is 4.79 Å². The first-order valence-corrected chi connectivity index (χ1v) is 11.5. The second-order valence-electron chi connectivity index (χ2n) is 7.55. The highest BCUT2D eigenvalue weighted by molar-refractivity contribution is 9.10. The average Bonchev–Trinajstić information content (AvgIpc) is 2.88. The van der Waals surface area contributed by atoms with Crippen LogP contribution in [-0.2, 0) is 6.18 Å². The summed E-state index contributed by atoms with van der Waals surface area (Å²) < 4.78 is 51.2. The van der Waals surface area contributed by atoms with Crippen molar-refractivity contribution in [2.24, 2.45) is 0 Å². The number of carbonyl (C=O) groups excluding carboxylic acids is 1. The topological polar surface area (TPSA) is 98.3 Å². The number of alkyl halides is 3. The van der Waals surface area contributed by atoms with Crippen LogP contribution in [0.3, 0.4) is 0 Å². The summed E-state index contributed by atoms with van der Waals surface area (Å²) in [6, 6.07) is 12.8. The summed E-state index contributed by atoms with van der Waals surface area (Å²) in [6.45, 7) is 0. The first-order chi connectivity index (χ1) is 17.7. The van der Waals surface area contributed by atoms with Crippen molar-refractivity contribution in [3.8, 4) is 28.6 Å². The minimum absolute atomic E-state index is 0.0442. The number of benzene rings is 2. The molecule has 12 heteroatoms. The summed E-state index contributed by atoms with van der Waals surface area (Å²) in [4.78, 5) is 25.7. The van der Waals surface area contributed by atoms with Crippen LogP contribution in [0.4, 0.5) is 24.8 Å². The number of amides is 1. The maximum absolute atomic E-state index is 13.2. The van der Waals surface area contributed by atoms with Crippen LogP contribution in [0.15, 0.2) is 71.5 Å². The Labute approximate surface area is 218 Å². The third kappa shape index (κ3) is 6.33. The number of halogens is 4. The monoisotopic (exact) mass is 573 g/mol. The number of rotatable bonds is 7. The third-order valence-electron chi connectivity index (χ3n) is 5.00. The maximum atomic E-state index is 13.2. The fourth-order valence-electron chi connectivity index (χ4n) is 3.32. The van der Waals surface area contributed by atoms with Gasteiger partial charge >= 0.3 is 6.18 Å². The van der Waals surface area contributed by atoms with Gasteiger partial charge in [-0.1, -0.05) is 15.9 Å². The van der Waals surface area contributed by atoms with Gasteiger partial charge in [-0.2, -0.15) is 13.2 Å². The SMILES string of the molecule is CNc1nccc(-c2cccnc2Oc2cc(Br)cc(C(=O)Nc3cc(OC)cc(C(F)(F)F)c3)c2)n1. The Morgan fingerprint density at radius 3 is 2.54 bits per heavy atom. The third-order valence-corrected chi connectivity index (χ3v) is 5.46. The zero-order valence-corrected chi connectivity index (χ0v) is 21.0. The van der Waals surface area contributed by atoms with Gasteiger partial charge in [-0.05, 0) is 48.5 Å². The van der Waals surface area contributed by atoms with Gasteiger partial charge in [-0.25, -0.2) is 15.0 Å². The van der Waals surface area contributed by atoms with Gasteiger partial charge in [0.1, 0.15) is 11.5 Å². The summed E-state index contributed by atoms with van der Waals surface area (Å²) in [7, 11) is 2.94. The summed E-state index contributed by atoms with van der Waals surface area (Å²) in [5.41, 5.74) is 0.263. The number of hydrogen-bond acceptors (Lipinski definition) is 7. The van der Waals surface area contributed by atoms with E-state index in [1.807, 2.05) is 0 Å². The van der Waals surface area contributed by atoms with Crippen molar-refractivity contribution in [1.29, 1.82) is 0 Å². The number of aromatic nitrogens is 3. The Morgan fingerprint density at radius 1 is 1.00 bits per heavy atom. The molecule has 0 atom stereocenters. The average molecular weight is 574 g/mol. The van der Waals surface area contributed by atoms with E-state index in [1.165, 1.54) is 25.3 Å². The molecule has 4 aromatic rings. The van der Waals surface area contributed by atoms with Gasteiger partial charge < -0.3 is 20.1 Å². The largest absolute Gasteiger partial charge is 0.497 e. The number of carbonyl (C=O) groups is 1. The number of nitrogens with zero attached hydrogens (tertiary/aromatic N) is 3. The van der Waals surface area contributed by atoms with Crippen molar-refractivity contribution in [2.45, 2.75) is 6.18 Å². The first-order valence-electron chi connectivity index (χ1n) is 10.7. The van der Waals surface area contributed by atoms with Crippen LogP contribution in [0, 0.1) is 0 Å². The molecule has 2 aromatic carbocycles. The molecule has 0 bridgehead atoms. The van der Waals surface area contributed by atoms with Crippen LogP contribution in [0.2, 0.25) is 0 Å². The lowest BCUT2D eigenvalue weighted by molar-refractivity contribution is -0.137. The number of methoxy groups -OCH3 is 1. The molecule has 37 heavy (non-hydrogen) atoms. The van der Waals surface area contributed by atoms with Crippen LogP contribution >= 0.6 is 15.9 Å². The van der Waals surface area contributed by atoms with Crippen LogP contribution in [-0.4, -0.2) is 35.0 Å². The predicted molar refractivity (Wildman–Crippen MR) is 135 cm³/mol. The Bertz CT molecular complexity index is 1450. The molecule has 2 N–H and O–H groups in total. The molecule has 1 amide bonds. The molecule has 8 nitrogen and oxygen atoms in total. The van der Waals surface area contributed by atoms with E-state index < -0.39 is 17.6 Å². The standard InChI is InChI=1S/C25H19BrF3N5O3/c1-30-24-32-7-5-21(34-24)20-4-3-6-31-23(20)37-19-9-14(8-16(26)12-19)22(35)33-17-10-15(25(27,28)29)11-18(13-17)36-2/h3-13H,1-2H3,(H,33,35)(H,30,32,34). The van der Waals surface area contributed by atoms with E-state index >= 15 is 0 Å². The number of pyridine rings is 1. The second-order valence-corrected chi connectivity index (χ2v) is 8.47. The van der Waals surface area contributed by atoms with Crippen molar-refractivity contribution < 1.29 is 27.4 Å². The van der Waals surface area contributed by atoms with Gasteiger partial charge in [0.15, 0.2) is 0 Å². The Kier molecular flexibility index (Phi) is 7.58. The molecular weight excluding hydrogens is 555 g/mol. The van der Waals surface area contributed by atoms with Gasteiger partial charge in [0, 0.05) is 41.2 Å². The normalized spacial score (nSPS) is 11.1. The lowest BCUT2D eigenvalue weighted by Crippen LogP contribution is -2.13. The van der Waals surface area contributed by atoms with Crippen molar-refractivity contribution >= 4 is 33.5 Å². The fourth-order valence-corrected chi connectivity index (χ4v) is 3.79. The number of nitrogens with one attached hydrogen (secondary N) is 2. The second kappa shape index (κ2) is 10.8. The van der Waals surface area contributed by atoms with Gasteiger partial charge in [0.25, 0.3) is 5.91 Å². The minimum Gasteiger partial charge on any atom is -0.497 e. The van der Waals surface area contributed by atoms with E-state index in [9.17, 15) is 18.0 Å². The summed E-state index contributed by atoms with van der Waals surface area (Å²) in [6.07, 6.45) is -1.47. The summed E-state index contributed by atoms with van der Waals surface area (Å²) >= 11 is 3.34. The Balaban J connectivity index is 1.62. The van der Waals surface area contributed by atoms with E-state index in [0.717, 1.165) is 12.1 Å². The zero-order valence-electron chi connectivity index (χ0n) is 19.4. The fraction of sp³-hybridized carbons (Fsp3) is 0.120. The van der Waals surface area contributed by atoms with Crippen molar-refractivity contribution in [2.75, 3.05) is 24.8 Å². The lowest BCUT2D eigenvalue weighted by Gasteiger charge is -2.14. The molecule has 0 aliphatic rings. The molecule has 0 saturated heterocycles. The predicted octanol–water partition coefficient (Wildman–Crippen LogP) is 6.41. The summed E-state index contributed by atoms with van der Waals surface area (Å²) in [5.74, 6) is 0.222. The number of ether oxygens (including phenoxy) is 2. The smallest absolute Gasteiger partial charge is 0.416 e. The van der Waals surface area contributed by atoms with Gasteiger partial charge in [-0.15, -0.1) is 0 Å². The van der Waals surface area contributed by atoms with Crippen molar-refractivity contribution in [1.82, 2.24) is 15.0 Å². The highest BCUT2D eigenvalue weighted by Gasteiger charge is 2.31. The molecule has 2 aromatic heterocycles. The van der Waals surface area contributed by atoms with Crippen molar-refractivity contribution in [3.63, 3.8) is 0 Å². The Hall–Kier alpha value is -4.19. The van der Waals surface area contributed by atoms with Gasteiger partial charge in [0.05, 0.1) is 23.9 Å². The molecule has 0 saturated carbocycles. The van der Waals surface area contributed by atoms with E-state index in [0.29, 0.717) is 21.7 Å². The Morgan fingerprint density at radius 2 is 1.81 bits per heavy atom. The maximum Gasteiger partial charge on any atom is 0.416 e. The lowest BCUT2D eigenvalue weighted by atomic mass is 10.1. The molecular formula is C25H19BrF3N5O3. The molecule has 0 unspecified atom stereocenters. The van der Waals surface area contributed by atoms with Crippen LogP contribution in [0.5, 0.6) is 17.4 Å². The van der Waals surface area contributed by atoms with E-state index in [1.54, 1.807) is 43.7 Å². The van der Waals surface area contributed by atoms with E-state index in [4.69, 9.17) is 9.47 Å². The van der Waals surface area contributed by atoms with Gasteiger partial charge in [0.2, 0.25) is 11.8 Å². The van der Waals surface area contributed by atoms with E-state index in [2.05, 4.69) is 41.5 Å². The van der Waals surface area contributed by atoms with Crippen LogP contribution in [0.25, 0.3) is 11.3 Å². The molecule has 2 heterocycles. The first kappa shape index (κ1) is 25.9. The minimum atomic E-state index is -4.61. The highest BCUT2D eigenvalue weighted by Crippen LogP contribution is 2.35.